The van der Waals surface area contributed by atoms with E-state index in [0.717, 1.165) is 67.0 Å². The average Bonchev–Trinajstić information content (AvgIpc) is 3.30. The van der Waals surface area contributed by atoms with Crippen LogP contribution in [0.2, 0.25) is 0 Å². The lowest BCUT2D eigenvalue weighted by molar-refractivity contribution is 1.07. The Balaban J connectivity index is 1.05. The van der Waals surface area contributed by atoms with Crippen LogP contribution in [-0.4, -0.2) is 24.9 Å². The van der Waals surface area contributed by atoms with Gasteiger partial charge in [-0.25, -0.2) is 29.8 Å². The zero-order chi connectivity index (χ0) is 37.7. The fraction of sp³-hybridized carbons (Fsp3) is 0. The van der Waals surface area contributed by atoms with E-state index in [4.69, 9.17) is 31.5 Å². The first-order valence-electron chi connectivity index (χ1n) is 18.3. The van der Waals surface area contributed by atoms with Gasteiger partial charge in [0.1, 0.15) is 0 Å². The molecule has 262 valence electrons. The van der Waals surface area contributed by atoms with Gasteiger partial charge < -0.3 is 0 Å². The van der Waals surface area contributed by atoms with E-state index in [-0.39, 0.29) is 0 Å². The summed E-state index contributed by atoms with van der Waals surface area (Å²) in [5.74, 6) is 2.54. The van der Waals surface area contributed by atoms with Crippen molar-refractivity contribution in [2.75, 3.05) is 0 Å². The number of nitrogens with zero attached hydrogens (tertiary/aromatic N) is 6. The molecule has 0 aliphatic rings. The maximum Gasteiger partial charge on any atom is 0.187 e. The molecule has 7 aromatic carbocycles. The van der Waals surface area contributed by atoms with E-state index >= 15 is 0 Å². The first-order chi connectivity index (χ1) is 27.7. The van der Waals surface area contributed by atoms with Gasteiger partial charge in [-0.05, 0) is 34.4 Å². The highest BCUT2D eigenvalue weighted by molar-refractivity contribution is 5.78. The molecule has 9 aromatic rings. The molecule has 0 saturated carbocycles. The molecule has 0 N–H and O–H groups in total. The minimum absolute atomic E-state index is 0.617. The van der Waals surface area contributed by atoms with Gasteiger partial charge in [0.2, 0.25) is 0 Å². The van der Waals surface area contributed by atoms with Crippen molar-refractivity contribution in [3.8, 4) is 90.3 Å². The first-order valence-corrected chi connectivity index (χ1v) is 18.3. The molecule has 0 unspecified atom stereocenters. The average molecular weight is 717 g/mol. The largest absolute Gasteiger partial charge is 0.238 e. The molecule has 6 nitrogen and oxygen atoms in total. The molecule has 0 spiro atoms. The molecule has 56 heavy (non-hydrogen) atoms. The van der Waals surface area contributed by atoms with Gasteiger partial charge in [0.15, 0.2) is 29.0 Å². The normalized spacial score (nSPS) is 10.8. The lowest BCUT2D eigenvalue weighted by Gasteiger charge is -2.12. The highest BCUT2D eigenvalue weighted by atomic mass is 15.0. The lowest BCUT2D eigenvalue weighted by atomic mass is 9.99. The Morgan fingerprint density at radius 2 is 0.607 bits per heavy atom. The molecule has 0 atom stereocenters. The number of hydrogen-bond donors (Lipinski definition) is 0. The van der Waals surface area contributed by atoms with Crippen LogP contribution in [0.4, 0.5) is 5.69 Å². The van der Waals surface area contributed by atoms with Crippen LogP contribution in [0.1, 0.15) is 0 Å². The summed E-state index contributed by atoms with van der Waals surface area (Å²) in [6.07, 6.45) is 0. The summed E-state index contributed by atoms with van der Waals surface area (Å²) < 4.78 is 0. The molecule has 0 bridgehead atoms. The summed E-state index contributed by atoms with van der Waals surface area (Å²) in [6, 6.07) is 65.0. The van der Waals surface area contributed by atoms with Crippen molar-refractivity contribution in [1.82, 2.24) is 24.9 Å². The number of rotatable bonds is 8. The second-order valence-corrected chi connectivity index (χ2v) is 13.3. The van der Waals surface area contributed by atoms with Gasteiger partial charge in [0.05, 0.1) is 18.0 Å². The Bertz CT molecular complexity index is 2760. The van der Waals surface area contributed by atoms with E-state index in [1.165, 1.54) is 0 Å². The second-order valence-electron chi connectivity index (χ2n) is 13.3. The standard InChI is InChI=1S/C50H32N6/c1-51-44-30-28-35(29-31-44)34-20-24-37(25-21-34)45-33-46(53-47(52-45)38-12-5-2-6-13-38)43-19-11-18-42(32-43)36-22-26-41(27-23-36)50-55-48(39-14-7-3-8-15-39)54-49(56-50)40-16-9-4-10-17-40/h2-33H. The van der Waals surface area contributed by atoms with Gasteiger partial charge in [0, 0.05) is 33.4 Å². The molecule has 2 aromatic heterocycles. The zero-order valence-electron chi connectivity index (χ0n) is 30.2. The molecule has 0 radical (unpaired) electrons. The van der Waals surface area contributed by atoms with Gasteiger partial charge in [-0.1, -0.05) is 182 Å². The fourth-order valence-electron chi connectivity index (χ4n) is 6.63. The Morgan fingerprint density at radius 3 is 1.09 bits per heavy atom. The fourth-order valence-corrected chi connectivity index (χ4v) is 6.63. The predicted octanol–water partition coefficient (Wildman–Crippen LogP) is 12.5. The van der Waals surface area contributed by atoms with Gasteiger partial charge in [-0.3, -0.25) is 0 Å². The summed E-state index contributed by atoms with van der Waals surface area (Å²) in [5.41, 5.74) is 12.3. The second kappa shape index (κ2) is 15.2. The highest BCUT2D eigenvalue weighted by Gasteiger charge is 2.14. The Hall–Kier alpha value is -7.88. The molecule has 0 amide bonds. The monoisotopic (exact) mass is 716 g/mol. The summed E-state index contributed by atoms with van der Waals surface area (Å²) in [5, 5.41) is 0. The molecule has 0 fully saturated rings. The Morgan fingerprint density at radius 1 is 0.268 bits per heavy atom. The first kappa shape index (κ1) is 33.9. The summed E-state index contributed by atoms with van der Waals surface area (Å²) in [7, 11) is 0. The Labute approximate surface area is 325 Å². The van der Waals surface area contributed by atoms with Gasteiger partial charge in [-0.2, -0.15) is 0 Å². The minimum Gasteiger partial charge on any atom is -0.238 e. The quantitative estimate of drug-likeness (QED) is 0.146. The molecular formula is C50H32N6. The highest BCUT2D eigenvalue weighted by Crippen LogP contribution is 2.33. The van der Waals surface area contributed by atoms with Crippen molar-refractivity contribution in [2.24, 2.45) is 0 Å². The van der Waals surface area contributed by atoms with Crippen molar-refractivity contribution in [3.63, 3.8) is 0 Å². The number of aromatic nitrogens is 5. The third-order valence-electron chi connectivity index (χ3n) is 9.60. The van der Waals surface area contributed by atoms with Gasteiger partial charge in [0.25, 0.3) is 0 Å². The topological polar surface area (TPSA) is 68.8 Å². The molecular weight excluding hydrogens is 685 g/mol. The van der Waals surface area contributed by atoms with Crippen molar-refractivity contribution in [3.05, 3.63) is 206 Å². The molecule has 6 heteroatoms. The molecule has 0 saturated heterocycles. The van der Waals surface area contributed by atoms with E-state index in [0.29, 0.717) is 29.0 Å². The molecule has 2 heterocycles. The lowest BCUT2D eigenvalue weighted by Crippen LogP contribution is -2.00. The van der Waals surface area contributed by atoms with E-state index in [1.807, 2.05) is 115 Å². The summed E-state index contributed by atoms with van der Waals surface area (Å²) in [6.45, 7) is 7.26. The van der Waals surface area contributed by atoms with Crippen LogP contribution in [0.3, 0.4) is 0 Å². The van der Waals surface area contributed by atoms with Crippen molar-refractivity contribution in [1.29, 1.82) is 0 Å². The van der Waals surface area contributed by atoms with Crippen molar-refractivity contribution < 1.29 is 0 Å². The Kier molecular flexibility index (Phi) is 9.23. The van der Waals surface area contributed by atoms with Crippen LogP contribution in [0, 0.1) is 6.57 Å². The SMILES string of the molecule is [C-]#[N+]c1ccc(-c2ccc(-c3cc(-c4cccc(-c5ccc(-c6nc(-c7ccccc7)nc(-c7ccccc7)n6)cc5)c4)nc(-c4ccccc4)n3)cc2)cc1. The molecule has 9 rings (SSSR count). The van der Waals surface area contributed by atoms with Crippen molar-refractivity contribution >= 4 is 5.69 Å². The van der Waals surface area contributed by atoms with Gasteiger partial charge >= 0.3 is 0 Å². The van der Waals surface area contributed by atoms with E-state index < -0.39 is 0 Å². The summed E-state index contributed by atoms with van der Waals surface area (Å²) >= 11 is 0. The zero-order valence-corrected chi connectivity index (χ0v) is 30.2. The maximum atomic E-state index is 7.26. The van der Waals surface area contributed by atoms with Crippen LogP contribution in [-0.2, 0) is 0 Å². The van der Waals surface area contributed by atoms with Crippen LogP contribution in [0.15, 0.2) is 194 Å². The molecule has 0 aliphatic heterocycles. The number of benzene rings is 7. The van der Waals surface area contributed by atoms with Crippen LogP contribution in [0.25, 0.3) is 95.2 Å². The van der Waals surface area contributed by atoms with Crippen LogP contribution in [0.5, 0.6) is 0 Å². The summed E-state index contributed by atoms with van der Waals surface area (Å²) in [4.78, 5) is 28.3. The third kappa shape index (κ3) is 7.21. The van der Waals surface area contributed by atoms with E-state index in [1.54, 1.807) is 0 Å². The maximum absolute atomic E-state index is 7.26. The smallest absolute Gasteiger partial charge is 0.187 e. The molecule has 0 aliphatic carbocycles. The van der Waals surface area contributed by atoms with Crippen LogP contribution < -0.4 is 0 Å². The predicted molar refractivity (Wildman–Crippen MR) is 225 cm³/mol. The minimum atomic E-state index is 0.617. The van der Waals surface area contributed by atoms with E-state index in [2.05, 4.69) is 83.7 Å². The van der Waals surface area contributed by atoms with Gasteiger partial charge in [-0.15, -0.1) is 0 Å². The number of hydrogen-bond acceptors (Lipinski definition) is 5. The third-order valence-corrected chi connectivity index (χ3v) is 9.60. The van der Waals surface area contributed by atoms with Crippen LogP contribution >= 0.6 is 0 Å². The van der Waals surface area contributed by atoms with Crippen molar-refractivity contribution in [2.45, 2.75) is 0 Å². The van der Waals surface area contributed by atoms with E-state index in [9.17, 15) is 0 Å².